The van der Waals surface area contributed by atoms with E-state index in [0.29, 0.717) is 10.0 Å². The highest BCUT2D eigenvalue weighted by Gasteiger charge is 2.33. The maximum absolute atomic E-state index is 12.1. The van der Waals surface area contributed by atoms with Crippen LogP contribution in [0.5, 0.6) is 0 Å². The molecule has 0 aliphatic carbocycles. The third-order valence-corrected chi connectivity index (χ3v) is 3.96. The molecule has 3 rings (SSSR count). The van der Waals surface area contributed by atoms with Gasteiger partial charge >= 0.3 is 6.03 Å². The van der Waals surface area contributed by atoms with Gasteiger partial charge < -0.3 is 4.90 Å². The average Bonchev–Trinajstić information content (AvgIpc) is 2.83. The first-order valence-electron chi connectivity index (χ1n) is 5.84. The van der Waals surface area contributed by atoms with E-state index in [4.69, 9.17) is 11.6 Å². The Bertz CT molecular complexity index is 572. The van der Waals surface area contributed by atoms with Gasteiger partial charge in [0, 0.05) is 23.1 Å². The lowest BCUT2D eigenvalue weighted by atomic mass is 9.95. The molecule has 7 heteroatoms. The molecule has 1 aromatic carbocycles. The van der Waals surface area contributed by atoms with Crippen molar-refractivity contribution >= 4 is 34.2 Å². The predicted octanol–water partition coefficient (Wildman–Crippen LogP) is 3.17. The summed E-state index contributed by atoms with van der Waals surface area (Å²) >= 11 is 7.03. The zero-order valence-electron chi connectivity index (χ0n) is 9.91. The van der Waals surface area contributed by atoms with Crippen molar-refractivity contribution in [3.8, 4) is 0 Å². The number of halogens is 1. The van der Waals surface area contributed by atoms with Gasteiger partial charge in [0.2, 0.25) is 0 Å². The van der Waals surface area contributed by atoms with Gasteiger partial charge in [-0.3, -0.25) is 5.32 Å². The van der Waals surface area contributed by atoms with Crippen molar-refractivity contribution in [3.63, 3.8) is 0 Å². The zero-order valence-corrected chi connectivity index (χ0v) is 11.5. The molecular formula is C12H11ClN4OS. The highest BCUT2D eigenvalue weighted by atomic mass is 35.5. The van der Waals surface area contributed by atoms with Crippen LogP contribution in [0.15, 0.2) is 30.5 Å². The van der Waals surface area contributed by atoms with E-state index in [0.717, 1.165) is 18.5 Å². The number of anilines is 1. The van der Waals surface area contributed by atoms with Gasteiger partial charge in [0.25, 0.3) is 0 Å². The minimum atomic E-state index is -0.114. The summed E-state index contributed by atoms with van der Waals surface area (Å²) in [6.07, 6.45) is 2.51. The Morgan fingerprint density at radius 2 is 2.21 bits per heavy atom. The molecule has 0 bridgehead atoms. The molecule has 1 aliphatic heterocycles. The fraction of sp³-hybridized carbons (Fsp3) is 0.250. The monoisotopic (exact) mass is 294 g/mol. The van der Waals surface area contributed by atoms with Crippen molar-refractivity contribution in [2.24, 2.45) is 0 Å². The van der Waals surface area contributed by atoms with Crippen molar-refractivity contribution in [3.05, 3.63) is 41.0 Å². The first-order chi connectivity index (χ1) is 9.24. The third-order valence-electron chi connectivity index (χ3n) is 3.13. The molecule has 1 aliphatic rings. The minimum absolute atomic E-state index is 0.114. The number of likely N-dealkylation sites (tertiary alicyclic amines) is 1. The molecule has 1 aromatic heterocycles. The lowest BCUT2D eigenvalue weighted by Gasteiger charge is -2.41. The third kappa shape index (κ3) is 2.54. The predicted molar refractivity (Wildman–Crippen MR) is 74.4 cm³/mol. The SMILES string of the molecule is O=C(Nc1cnns1)N1CCC1c1ccc(Cl)cc1. The Balaban J connectivity index is 1.69. The molecule has 1 fully saturated rings. The molecule has 0 saturated carbocycles. The molecule has 2 heterocycles. The molecule has 98 valence electrons. The lowest BCUT2D eigenvalue weighted by Crippen LogP contribution is -2.47. The molecule has 1 atom stereocenters. The number of carbonyl (C=O) groups excluding carboxylic acids is 1. The molecule has 0 spiro atoms. The van der Waals surface area contributed by atoms with Crippen LogP contribution in [0.4, 0.5) is 9.80 Å². The average molecular weight is 295 g/mol. The van der Waals surface area contributed by atoms with Crippen LogP contribution < -0.4 is 5.32 Å². The van der Waals surface area contributed by atoms with E-state index in [-0.39, 0.29) is 12.1 Å². The van der Waals surface area contributed by atoms with Gasteiger partial charge in [0.15, 0.2) is 0 Å². The Labute approximate surface area is 119 Å². The summed E-state index contributed by atoms with van der Waals surface area (Å²) in [5, 5.41) is 7.84. The number of urea groups is 1. The molecule has 0 radical (unpaired) electrons. The minimum Gasteiger partial charge on any atom is -0.317 e. The Morgan fingerprint density at radius 1 is 1.42 bits per heavy atom. The molecular weight excluding hydrogens is 284 g/mol. The summed E-state index contributed by atoms with van der Waals surface area (Å²) in [4.78, 5) is 13.9. The van der Waals surface area contributed by atoms with Crippen LogP contribution in [0.3, 0.4) is 0 Å². The molecule has 1 unspecified atom stereocenters. The van der Waals surface area contributed by atoms with Gasteiger partial charge in [-0.05, 0) is 24.1 Å². The molecule has 2 aromatic rings. The van der Waals surface area contributed by atoms with Crippen LogP contribution in [0.1, 0.15) is 18.0 Å². The van der Waals surface area contributed by atoms with Gasteiger partial charge in [-0.25, -0.2) is 4.79 Å². The van der Waals surface area contributed by atoms with Gasteiger partial charge in [-0.15, -0.1) is 5.10 Å². The molecule has 19 heavy (non-hydrogen) atoms. The first kappa shape index (κ1) is 12.4. The van der Waals surface area contributed by atoms with Crippen molar-refractivity contribution in [2.75, 3.05) is 11.9 Å². The maximum Gasteiger partial charge on any atom is 0.323 e. The topological polar surface area (TPSA) is 58.1 Å². The van der Waals surface area contributed by atoms with E-state index in [1.807, 2.05) is 24.3 Å². The van der Waals surface area contributed by atoms with Crippen LogP contribution in [-0.4, -0.2) is 27.1 Å². The largest absolute Gasteiger partial charge is 0.323 e. The van der Waals surface area contributed by atoms with Gasteiger partial charge in [0.05, 0.1) is 12.2 Å². The van der Waals surface area contributed by atoms with Crippen molar-refractivity contribution < 1.29 is 4.79 Å². The smallest absolute Gasteiger partial charge is 0.317 e. The van der Waals surface area contributed by atoms with E-state index < -0.39 is 0 Å². The summed E-state index contributed by atoms with van der Waals surface area (Å²) in [5.41, 5.74) is 1.10. The number of rotatable bonds is 2. The second-order valence-electron chi connectivity index (χ2n) is 4.26. The molecule has 2 amide bonds. The summed E-state index contributed by atoms with van der Waals surface area (Å²) in [7, 11) is 0. The van der Waals surface area contributed by atoms with Crippen LogP contribution in [0.25, 0.3) is 0 Å². The Morgan fingerprint density at radius 3 is 2.79 bits per heavy atom. The number of aromatic nitrogens is 2. The number of amides is 2. The Hall–Kier alpha value is -1.66. The fourth-order valence-corrected chi connectivity index (χ4v) is 2.60. The van der Waals surface area contributed by atoms with E-state index in [9.17, 15) is 4.79 Å². The number of nitrogens with one attached hydrogen (secondary N) is 1. The van der Waals surface area contributed by atoms with E-state index in [1.54, 1.807) is 11.1 Å². The number of hydrogen-bond acceptors (Lipinski definition) is 4. The molecule has 1 N–H and O–H groups in total. The summed E-state index contributed by atoms with van der Waals surface area (Å²) in [5.74, 6) is 0. The van der Waals surface area contributed by atoms with Crippen molar-refractivity contribution in [1.82, 2.24) is 14.5 Å². The second kappa shape index (κ2) is 5.14. The number of hydrogen-bond donors (Lipinski definition) is 1. The maximum atomic E-state index is 12.1. The van der Waals surface area contributed by atoms with Gasteiger partial charge in [0.1, 0.15) is 5.00 Å². The Kier molecular flexibility index (Phi) is 3.35. The standard InChI is InChI=1S/C12H11ClN4OS/c13-9-3-1-8(2-4-9)10-5-6-17(10)12(18)15-11-7-14-16-19-11/h1-4,7,10H,5-6H2,(H,15,18). The molecule has 5 nitrogen and oxygen atoms in total. The highest BCUT2D eigenvalue weighted by molar-refractivity contribution is 7.10. The van der Waals surface area contributed by atoms with Crippen molar-refractivity contribution in [1.29, 1.82) is 0 Å². The lowest BCUT2D eigenvalue weighted by molar-refractivity contribution is 0.126. The normalized spacial score (nSPS) is 17.9. The highest BCUT2D eigenvalue weighted by Crippen LogP contribution is 2.34. The van der Waals surface area contributed by atoms with Crippen LogP contribution in [0.2, 0.25) is 5.02 Å². The quantitative estimate of drug-likeness (QED) is 0.925. The van der Waals surface area contributed by atoms with E-state index >= 15 is 0 Å². The van der Waals surface area contributed by atoms with Crippen LogP contribution >= 0.6 is 23.1 Å². The van der Waals surface area contributed by atoms with Crippen LogP contribution in [0, 0.1) is 0 Å². The molecule has 1 saturated heterocycles. The van der Waals surface area contributed by atoms with Crippen LogP contribution in [-0.2, 0) is 0 Å². The number of nitrogens with zero attached hydrogens (tertiary/aromatic N) is 3. The zero-order chi connectivity index (χ0) is 13.2. The van der Waals surface area contributed by atoms with Gasteiger partial charge in [-0.2, -0.15) is 0 Å². The second-order valence-corrected chi connectivity index (χ2v) is 5.48. The number of carbonyl (C=O) groups is 1. The summed E-state index contributed by atoms with van der Waals surface area (Å²) in [6.45, 7) is 0.755. The van der Waals surface area contributed by atoms with Gasteiger partial charge in [-0.1, -0.05) is 28.2 Å². The first-order valence-corrected chi connectivity index (χ1v) is 6.99. The van der Waals surface area contributed by atoms with E-state index in [2.05, 4.69) is 14.9 Å². The fourth-order valence-electron chi connectivity index (χ4n) is 2.06. The van der Waals surface area contributed by atoms with E-state index in [1.165, 1.54) is 11.5 Å². The number of benzene rings is 1. The summed E-state index contributed by atoms with van der Waals surface area (Å²) < 4.78 is 3.71. The summed E-state index contributed by atoms with van der Waals surface area (Å²) in [6, 6.07) is 7.62. The van der Waals surface area contributed by atoms with Crippen molar-refractivity contribution in [2.45, 2.75) is 12.5 Å².